The summed E-state index contributed by atoms with van der Waals surface area (Å²) in [6.45, 7) is 5.84. The number of hydrogen-bond acceptors (Lipinski definition) is 5. The van der Waals surface area contributed by atoms with Crippen LogP contribution in [0, 0.1) is 5.92 Å². The first-order valence-electron chi connectivity index (χ1n) is 9.40. The molecule has 3 aromatic rings. The maximum atomic E-state index is 12.6. The second-order valence-corrected chi connectivity index (χ2v) is 7.84. The van der Waals surface area contributed by atoms with Crippen molar-refractivity contribution in [3.63, 3.8) is 0 Å². The van der Waals surface area contributed by atoms with Crippen molar-refractivity contribution in [3.05, 3.63) is 42.1 Å². The van der Waals surface area contributed by atoms with Gasteiger partial charge < -0.3 is 14.5 Å². The highest BCUT2D eigenvalue weighted by atomic mass is 32.2. The van der Waals surface area contributed by atoms with Gasteiger partial charge in [-0.25, -0.2) is 0 Å². The van der Waals surface area contributed by atoms with Gasteiger partial charge in [-0.05, 0) is 30.7 Å². The first-order valence-corrected chi connectivity index (χ1v) is 10.6. The van der Waals surface area contributed by atoms with Gasteiger partial charge in [-0.3, -0.25) is 9.48 Å². The molecule has 3 heterocycles. The maximum absolute atomic E-state index is 12.6. The molecule has 9 heteroatoms. The largest absolute Gasteiger partial charge is 0.352 e. The zero-order valence-corrected chi connectivity index (χ0v) is 17.6. The van der Waals surface area contributed by atoms with Gasteiger partial charge in [0, 0.05) is 39.0 Å². The lowest BCUT2D eigenvalue weighted by molar-refractivity contribution is 0.0953. The van der Waals surface area contributed by atoms with Gasteiger partial charge in [0.15, 0.2) is 5.16 Å². The number of thioether (sulfide) groups is 1. The lowest BCUT2D eigenvalue weighted by atomic mass is 10.2. The molecule has 0 atom stereocenters. The van der Waals surface area contributed by atoms with Crippen LogP contribution in [0.3, 0.4) is 0 Å². The molecule has 150 valence electrons. The van der Waals surface area contributed by atoms with Gasteiger partial charge >= 0.3 is 0 Å². The molecule has 1 amide bonds. The maximum Gasteiger partial charge on any atom is 0.256 e. The van der Waals surface area contributed by atoms with Crippen molar-refractivity contribution in [2.24, 2.45) is 13.0 Å². The van der Waals surface area contributed by atoms with E-state index in [0.717, 1.165) is 36.2 Å². The Bertz CT molecular complexity index is 911. The van der Waals surface area contributed by atoms with E-state index >= 15 is 0 Å². The van der Waals surface area contributed by atoms with Crippen LogP contribution in [-0.2, 0) is 20.0 Å². The van der Waals surface area contributed by atoms with E-state index in [4.69, 9.17) is 0 Å². The highest BCUT2D eigenvalue weighted by Gasteiger charge is 2.17. The first kappa shape index (κ1) is 20.2. The number of rotatable bonds is 9. The topological polar surface area (TPSA) is 82.6 Å². The van der Waals surface area contributed by atoms with Crippen LogP contribution in [-0.4, -0.2) is 47.8 Å². The van der Waals surface area contributed by atoms with Gasteiger partial charge in [-0.2, -0.15) is 5.10 Å². The number of aromatic nitrogens is 6. The first-order chi connectivity index (χ1) is 13.5. The van der Waals surface area contributed by atoms with Crippen molar-refractivity contribution in [2.45, 2.75) is 38.4 Å². The van der Waals surface area contributed by atoms with E-state index < -0.39 is 0 Å². The number of carbonyl (C=O) groups is 1. The molecule has 0 radical (unpaired) electrons. The van der Waals surface area contributed by atoms with E-state index in [1.54, 1.807) is 22.6 Å². The Morgan fingerprint density at radius 1 is 1.25 bits per heavy atom. The fraction of sp³-hybridized carbons (Fsp3) is 0.474. The Hall–Kier alpha value is -2.55. The zero-order chi connectivity index (χ0) is 20.1. The molecule has 0 aliphatic heterocycles. The highest BCUT2D eigenvalue weighted by molar-refractivity contribution is 7.98. The molecule has 0 aliphatic carbocycles. The molecule has 28 heavy (non-hydrogen) atoms. The zero-order valence-electron chi connectivity index (χ0n) is 16.8. The summed E-state index contributed by atoms with van der Waals surface area (Å²) in [5, 5.41) is 16.8. The summed E-state index contributed by atoms with van der Waals surface area (Å²) in [6, 6.07) is 3.84. The normalized spacial score (nSPS) is 11.3. The van der Waals surface area contributed by atoms with Crippen LogP contribution >= 0.6 is 11.8 Å². The number of hydrogen-bond donors (Lipinski definition) is 1. The molecule has 0 spiro atoms. The van der Waals surface area contributed by atoms with Crippen LogP contribution in [0.15, 0.2) is 35.9 Å². The van der Waals surface area contributed by atoms with Gasteiger partial charge in [0.1, 0.15) is 17.2 Å². The molecule has 3 rings (SSSR count). The lowest BCUT2D eigenvalue weighted by Gasteiger charge is -2.12. The summed E-state index contributed by atoms with van der Waals surface area (Å²) in [5.41, 5.74) is 0.561. The van der Waals surface area contributed by atoms with Crippen LogP contribution in [0.25, 0.3) is 5.82 Å². The van der Waals surface area contributed by atoms with Crippen LogP contribution in [0.5, 0.6) is 0 Å². The molecule has 8 nitrogen and oxygen atoms in total. The van der Waals surface area contributed by atoms with Gasteiger partial charge in [0.25, 0.3) is 5.91 Å². The fourth-order valence-electron chi connectivity index (χ4n) is 3.12. The van der Waals surface area contributed by atoms with Crippen molar-refractivity contribution < 1.29 is 4.79 Å². The van der Waals surface area contributed by atoms with Crippen LogP contribution in [0.2, 0.25) is 0 Å². The predicted octanol–water partition coefficient (Wildman–Crippen LogP) is 2.54. The molecular weight excluding hydrogens is 374 g/mol. The second kappa shape index (κ2) is 9.09. The van der Waals surface area contributed by atoms with E-state index in [2.05, 4.69) is 39.0 Å². The molecule has 0 unspecified atom stereocenters. The number of nitrogens with zero attached hydrogens (tertiary/aromatic N) is 6. The average molecular weight is 402 g/mol. The van der Waals surface area contributed by atoms with Crippen molar-refractivity contribution >= 4 is 17.7 Å². The standard InChI is InChI=1S/C19H27N7OS/c1-14(2)13-26-16(22-23-19(26)28-4)8-7-9-20-17(27)15-12-21-24(3)18(15)25-10-5-6-11-25/h5-6,10-12,14H,7-9,13H2,1-4H3,(H,20,27). The van der Waals surface area contributed by atoms with Gasteiger partial charge in [0.05, 0.1) is 6.20 Å². The SMILES string of the molecule is CSc1nnc(CCCNC(=O)c2cnn(C)c2-n2cccc2)n1CC(C)C. The van der Waals surface area contributed by atoms with Crippen molar-refractivity contribution in [2.75, 3.05) is 12.8 Å². The van der Waals surface area contributed by atoms with Crippen molar-refractivity contribution in [3.8, 4) is 5.82 Å². The van der Waals surface area contributed by atoms with E-state index in [0.29, 0.717) is 18.0 Å². The van der Waals surface area contributed by atoms with Gasteiger partial charge in [-0.15, -0.1) is 10.2 Å². The van der Waals surface area contributed by atoms with Gasteiger partial charge in [-0.1, -0.05) is 25.6 Å². The summed E-state index contributed by atoms with van der Waals surface area (Å²) in [5.74, 6) is 2.13. The van der Waals surface area contributed by atoms with Crippen LogP contribution < -0.4 is 5.32 Å². The van der Waals surface area contributed by atoms with E-state index in [1.165, 1.54) is 0 Å². The molecule has 1 N–H and O–H groups in total. The van der Waals surface area contributed by atoms with Crippen molar-refractivity contribution in [1.29, 1.82) is 0 Å². The Balaban J connectivity index is 1.58. The highest BCUT2D eigenvalue weighted by Crippen LogP contribution is 2.17. The predicted molar refractivity (Wildman–Crippen MR) is 110 cm³/mol. The number of carbonyl (C=O) groups excluding carboxylic acids is 1. The Labute approximate surface area is 169 Å². The van der Waals surface area contributed by atoms with Crippen molar-refractivity contribution in [1.82, 2.24) is 34.4 Å². The minimum atomic E-state index is -0.120. The molecule has 0 fully saturated rings. The monoisotopic (exact) mass is 401 g/mol. The van der Waals surface area contributed by atoms with Crippen LogP contribution in [0.4, 0.5) is 0 Å². The van der Waals surface area contributed by atoms with E-state index in [-0.39, 0.29) is 5.91 Å². The number of aryl methyl sites for hydroxylation is 2. The molecule has 0 aliphatic rings. The lowest BCUT2D eigenvalue weighted by Crippen LogP contribution is -2.26. The minimum Gasteiger partial charge on any atom is -0.352 e. The summed E-state index contributed by atoms with van der Waals surface area (Å²) in [4.78, 5) is 12.6. The molecule has 0 bridgehead atoms. The average Bonchev–Trinajstić information content (AvgIpc) is 3.38. The molecule has 3 aromatic heterocycles. The third-order valence-corrected chi connectivity index (χ3v) is 5.05. The minimum absolute atomic E-state index is 0.120. The second-order valence-electron chi connectivity index (χ2n) is 7.06. The van der Waals surface area contributed by atoms with Gasteiger partial charge in [0.2, 0.25) is 0 Å². The third kappa shape index (κ3) is 4.46. The number of amides is 1. The quantitative estimate of drug-likeness (QED) is 0.440. The Kier molecular flexibility index (Phi) is 6.56. The third-order valence-electron chi connectivity index (χ3n) is 4.39. The number of nitrogens with one attached hydrogen (secondary N) is 1. The Morgan fingerprint density at radius 2 is 2.00 bits per heavy atom. The molecular formula is C19H27N7OS. The molecule has 0 aromatic carbocycles. The summed E-state index contributed by atoms with van der Waals surface area (Å²) < 4.78 is 5.77. The summed E-state index contributed by atoms with van der Waals surface area (Å²) in [6.07, 6.45) is 9.00. The summed E-state index contributed by atoms with van der Waals surface area (Å²) in [7, 11) is 1.83. The smallest absolute Gasteiger partial charge is 0.256 e. The van der Waals surface area contributed by atoms with E-state index in [9.17, 15) is 4.79 Å². The molecule has 0 saturated carbocycles. The van der Waals surface area contributed by atoms with E-state index in [1.807, 2.05) is 42.4 Å². The Morgan fingerprint density at radius 3 is 2.68 bits per heavy atom. The fourth-order valence-corrected chi connectivity index (χ4v) is 3.64. The van der Waals surface area contributed by atoms with Crippen LogP contribution in [0.1, 0.15) is 36.5 Å². The summed E-state index contributed by atoms with van der Waals surface area (Å²) >= 11 is 1.61. The molecule has 0 saturated heterocycles.